The molecule has 1 aliphatic rings. The highest BCUT2D eigenvalue weighted by Crippen LogP contribution is 2.24. The third kappa shape index (κ3) is 3.57. The number of nitrogens with zero attached hydrogens (tertiary/aromatic N) is 1. The molecule has 1 amide bonds. The van der Waals surface area contributed by atoms with Gasteiger partial charge in [-0.05, 0) is 37.6 Å². The van der Waals surface area contributed by atoms with Crippen LogP contribution in [-0.2, 0) is 16.6 Å². The normalized spacial score (nSPS) is 15.8. The minimum Gasteiger partial charge on any atom is -0.478 e. The van der Waals surface area contributed by atoms with Crippen LogP contribution in [0.2, 0.25) is 0 Å². The number of hydrogen-bond donors (Lipinski definition) is 2. The van der Waals surface area contributed by atoms with Crippen molar-refractivity contribution in [2.75, 3.05) is 16.6 Å². The van der Waals surface area contributed by atoms with E-state index in [0.29, 0.717) is 30.0 Å². The number of carbonyl (C=O) groups is 2. The molecule has 2 N–H and O–H groups in total. The minimum atomic E-state index is -3.32. The minimum absolute atomic E-state index is 0.0270. The fraction of sp³-hybridized carbons (Fsp3) is 0.294. The Bertz CT molecular complexity index is 963. The predicted octanol–water partition coefficient (Wildman–Crippen LogP) is 1.76. The number of hydrogen-bond acceptors (Lipinski definition) is 5. The molecule has 0 spiro atoms. The molecule has 0 unspecified atom stereocenters. The summed E-state index contributed by atoms with van der Waals surface area (Å²) in [6.07, 6.45) is 0.558. The number of anilines is 1. The van der Waals surface area contributed by atoms with Crippen LogP contribution in [-0.4, -0.2) is 37.7 Å². The summed E-state index contributed by atoms with van der Waals surface area (Å²) in [5.41, 5.74) is 0.818. The van der Waals surface area contributed by atoms with E-state index in [0.717, 1.165) is 0 Å². The topological polar surface area (TPSA) is 117 Å². The summed E-state index contributed by atoms with van der Waals surface area (Å²) in [6, 6.07) is 7.74. The van der Waals surface area contributed by atoms with Gasteiger partial charge < -0.3 is 14.8 Å². The Labute approximate surface area is 150 Å². The van der Waals surface area contributed by atoms with Crippen LogP contribution in [0.1, 0.15) is 38.7 Å². The second kappa shape index (κ2) is 6.83. The van der Waals surface area contributed by atoms with Crippen molar-refractivity contribution in [1.29, 1.82) is 0 Å². The monoisotopic (exact) mass is 378 g/mol. The number of rotatable bonds is 5. The average molecular weight is 378 g/mol. The second-order valence-corrected chi connectivity index (χ2v) is 7.98. The summed E-state index contributed by atoms with van der Waals surface area (Å²) in [5.74, 6) is -0.806. The lowest BCUT2D eigenvalue weighted by atomic mass is 10.2. The summed E-state index contributed by atoms with van der Waals surface area (Å²) in [5, 5.41) is 11.6. The molecule has 138 valence electrons. The molecule has 26 heavy (non-hydrogen) atoms. The van der Waals surface area contributed by atoms with Gasteiger partial charge in [-0.15, -0.1) is 0 Å². The Morgan fingerprint density at radius 3 is 2.69 bits per heavy atom. The number of benzene rings is 1. The van der Waals surface area contributed by atoms with Gasteiger partial charge in [0.2, 0.25) is 10.0 Å². The smallest absolute Gasteiger partial charge is 0.339 e. The van der Waals surface area contributed by atoms with Gasteiger partial charge >= 0.3 is 5.97 Å². The molecule has 1 saturated heterocycles. The molecule has 0 saturated carbocycles. The van der Waals surface area contributed by atoms with E-state index in [4.69, 9.17) is 9.52 Å². The van der Waals surface area contributed by atoms with Crippen LogP contribution in [0.5, 0.6) is 0 Å². The quantitative estimate of drug-likeness (QED) is 0.819. The highest BCUT2D eigenvalue weighted by molar-refractivity contribution is 7.93. The van der Waals surface area contributed by atoms with Gasteiger partial charge in [0.05, 0.1) is 18.0 Å². The molecule has 2 heterocycles. The van der Waals surface area contributed by atoms with Crippen LogP contribution in [0.3, 0.4) is 0 Å². The first kappa shape index (κ1) is 18.0. The molecule has 2 aromatic rings. The Hall–Kier alpha value is -2.81. The van der Waals surface area contributed by atoms with Crippen LogP contribution < -0.4 is 9.62 Å². The number of carbonyl (C=O) groups excluding carboxylic acids is 1. The Kier molecular flexibility index (Phi) is 4.73. The summed E-state index contributed by atoms with van der Waals surface area (Å²) in [7, 11) is -3.32. The zero-order valence-corrected chi connectivity index (χ0v) is 14.9. The first-order valence-electron chi connectivity index (χ1n) is 7.99. The predicted molar refractivity (Wildman–Crippen MR) is 93.8 cm³/mol. The van der Waals surface area contributed by atoms with Crippen LogP contribution in [0.4, 0.5) is 5.69 Å². The number of carboxylic acid groups (broad SMARTS) is 1. The van der Waals surface area contributed by atoms with Gasteiger partial charge in [0.15, 0.2) is 0 Å². The number of aryl methyl sites for hydroxylation is 1. The van der Waals surface area contributed by atoms with E-state index >= 15 is 0 Å². The SMILES string of the molecule is Cc1oc(CNC(=O)c2cccc(N3CCCS3(=O)=O)c2)cc1C(=O)O. The fourth-order valence-corrected chi connectivity index (χ4v) is 4.40. The van der Waals surface area contributed by atoms with Gasteiger partial charge in [0.1, 0.15) is 17.1 Å². The maximum absolute atomic E-state index is 12.3. The number of amides is 1. The molecule has 8 nitrogen and oxygen atoms in total. The molecule has 3 rings (SSSR count). The third-order valence-electron chi connectivity index (χ3n) is 4.12. The van der Waals surface area contributed by atoms with Gasteiger partial charge in [-0.2, -0.15) is 0 Å². The van der Waals surface area contributed by atoms with Crippen molar-refractivity contribution in [3.05, 3.63) is 53.0 Å². The van der Waals surface area contributed by atoms with Crippen molar-refractivity contribution < 1.29 is 27.5 Å². The summed E-state index contributed by atoms with van der Waals surface area (Å²) >= 11 is 0. The van der Waals surface area contributed by atoms with Crippen molar-refractivity contribution in [2.24, 2.45) is 0 Å². The van der Waals surface area contributed by atoms with E-state index in [1.54, 1.807) is 18.2 Å². The zero-order chi connectivity index (χ0) is 18.9. The molecule has 9 heteroatoms. The molecule has 0 radical (unpaired) electrons. The highest BCUT2D eigenvalue weighted by Gasteiger charge is 2.28. The number of aromatic carboxylic acids is 1. The average Bonchev–Trinajstić information content (AvgIpc) is 3.14. The van der Waals surface area contributed by atoms with Crippen molar-refractivity contribution in [1.82, 2.24) is 5.32 Å². The maximum atomic E-state index is 12.3. The van der Waals surface area contributed by atoms with Crippen molar-refractivity contribution in [2.45, 2.75) is 19.9 Å². The molecule has 0 aliphatic carbocycles. The van der Waals surface area contributed by atoms with Crippen LogP contribution in [0.15, 0.2) is 34.7 Å². The number of carboxylic acids is 1. The Morgan fingerprint density at radius 2 is 2.08 bits per heavy atom. The van der Waals surface area contributed by atoms with E-state index < -0.39 is 21.9 Å². The summed E-state index contributed by atoms with van der Waals surface area (Å²) in [4.78, 5) is 23.3. The van der Waals surface area contributed by atoms with Crippen molar-refractivity contribution in [3.8, 4) is 0 Å². The van der Waals surface area contributed by atoms with Gasteiger partial charge in [-0.3, -0.25) is 9.10 Å². The molecule has 0 bridgehead atoms. The molecule has 1 aromatic heterocycles. The zero-order valence-electron chi connectivity index (χ0n) is 14.1. The van der Waals surface area contributed by atoms with E-state index in [2.05, 4.69) is 5.32 Å². The maximum Gasteiger partial charge on any atom is 0.339 e. The van der Waals surface area contributed by atoms with Crippen LogP contribution in [0, 0.1) is 6.92 Å². The van der Waals surface area contributed by atoms with Crippen LogP contribution >= 0.6 is 0 Å². The molecular weight excluding hydrogens is 360 g/mol. The van der Waals surface area contributed by atoms with Gasteiger partial charge in [-0.1, -0.05) is 6.07 Å². The lowest BCUT2D eigenvalue weighted by Crippen LogP contribution is -2.26. The van der Waals surface area contributed by atoms with Gasteiger partial charge in [-0.25, -0.2) is 13.2 Å². The number of furan rings is 1. The van der Waals surface area contributed by atoms with Crippen molar-refractivity contribution >= 4 is 27.6 Å². The molecule has 1 fully saturated rings. The third-order valence-corrected chi connectivity index (χ3v) is 5.99. The Balaban J connectivity index is 1.72. The fourth-order valence-electron chi connectivity index (χ4n) is 2.84. The summed E-state index contributed by atoms with van der Waals surface area (Å²) < 4.78 is 30.6. The largest absolute Gasteiger partial charge is 0.478 e. The van der Waals surface area contributed by atoms with Crippen molar-refractivity contribution in [3.63, 3.8) is 0 Å². The van der Waals surface area contributed by atoms with E-state index in [1.807, 2.05) is 0 Å². The summed E-state index contributed by atoms with van der Waals surface area (Å²) in [6.45, 7) is 1.96. The van der Waals surface area contributed by atoms with E-state index in [-0.39, 0.29) is 23.6 Å². The lowest BCUT2D eigenvalue weighted by Gasteiger charge is -2.17. The van der Waals surface area contributed by atoms with Crippen LogP contribution in [0.25, 0.3) is 0 Å². The van der Waals surface area contributed by atoms with Gasteiger partial charge in [0.25, 0.3) is 5.91 Å². The first-order valence-corrected chi connectivity index (χ1v) is 9.60. The first-order chi connectivity index (χ1) is 12.3. The molecule has 0 atom stereocenters. The number of nitrogens with one attached hydrogen (secondary N) is 1. The second-order valence-electron chi connectivity index (χ2n) is 5.96. The number of sulfonamides is 1. The standard InChI is InChI=1S/C17H18N2O6S/c1-11-15(17(21)22)9-14(25-11)10-18-16(20)12-4-2-5-13(8-12)19-6-3-7-26(19,23)24/h2,4-5,8-9H,3,6-7,10H2,1H3,(H,18,20)(H,21,22). The molecular formula is C17H18N2O6S. The highest BCUT2D eigenvalue weighted by atomic mass is 32.2. The van der Waals surface area contributed by atoms with E-state index in [9.17, 15) is 18.0 Å². The lowest BCUT2D eigenvalue weighted by molar-refractivity contribution is 0.0694. The van der Waals surface area contributed by atoms with E-state index in [1.165, 1.54) is 23.4 Å². The van der Waals surface area contributed by atoms with Gasteiger partial charge in [0, 0.05) is 12.1 Å². The Morgan fingerprint density at radius 1 is 1.31 bits per heavy atom. The molecule has 1 aromatic carbocycles. The molecule has 1 aliphatic heterocycles.